The molecule has 182 valence electrons. The van der Waals surface area contributed by atoms with Gasteiger partial charge in [-0.2, -0.15) is 18.2 Å². The first-order chi connectivity index (χ1) is 15.7. The molecule has 3 N–H and O–H groups in total. The van der Waals surface area contributed by atoms with E-state index >= 15 is 0 Å². The Hall–Kier alpha value is -3.57. The number of aryl methyl sites for hydroxylation is 1. The van der Waals surface area contributed by atoms with Crippen LogP contribution in [0.4, 0.5) is 29.5 Å². The molecule has 0 spiro atoms. The molecule has 1 amide bonds. The molecule has 0 fully saturated rings. The van der Waals surface area contributed by atoms with Crippen molar-refractivity contribution < 1.29 is 22.7 Å². The second-order valence-electron chi connectivity index (χ2n) is 9.36. The van der Waals surface area contributed by atoms with Crippen molar-refractivity contribution in [3.8, 4) is 0 Å². The van der Waals surface area contributed by atoms with Crippen molar-refractivity contribution in [1.29, 1.82) is 0 Å². The van der Waals surface area contributed by atoms with Crippen molar-refractivity contribution >= 4 is 23.4 Å². The van der Waals surface area contributed by atoms with Gasteiger partial charge in [0.25, 0.3) is 5.78 Å². The second kappa shape index (κ2) is 8.03. The van der Waals surface area contributed by atoms with Gasteiger partial charge in [-0.05, 0) is 58.4 Å². The van der Waals surface area contributed by atoms with Crippen LogP contribution >= 0.6 is 0 Å². The maximum atomic E-state index is 13.3. The summed E-state index contributed by atoms with van der Waals surface area (Å²) in [5.74, 6) is 1.33. The highest BCUT2D eigenvalue weighted by Crippen LogP contribution is 2.35. The van der Waals surface area contributed by atoms with Crippen molar-refractivity contribution in [2.45, 2.75) is 65.5 Å². The molecule has 4 rings (SSSR count). The molecule has 0 saturated carbocycles. The van der Waals surface area contributed by atoms with E-state index in [0.717, 1.165) is 17.8 Å². The molecule has 3 aromatic rings. The van der Waals surface area contributed by atoms with E-state index < -0.39 is 29.5 Å². The molecule has 1 atom stereocenters. The van der Waals surface area contributed by atoms with Gasteiger partial charge in [0.1, 0.15) is 17.2 Å². The lowest BCUT2D eigenvalue weighted by Crippen LogP contribution is -2.33. The normalized spacial score (nSPS) is 14.9. The lowest BCUT2D eigenvalue weighted by atomic mass is 10.0. The summed E-state index contributed by atoms with van der Waals surface area (Å²) in [4.78, 5) is 18.8. The molecular formula is C22H26F3N7O2. The van der Waals surface area contributed by atoms with Crippen LogP contribution in [0.3, 0.4) is 0 Å². The van der Waals surface area contributed by atoms with Crippen LogP contribution in [0.1, 0.15) is 61.9 Å². The Balaban J connectivity index is 1.70. The molecule has 0 bridgehead atoms. The first-order valence-corrected chi connectivity index (χ1v) is 10.7. The lowest BCUT2D eigenvalue weighted by molar-refractivity contribution is -0.137. The van der Waals surface area contributed by atoms with Crippen LogP contribution in [0.25, 0.3) is 5.78 Å². The summed E-state index contributed by atoms with van der Waals surface area (Å²) < 4.78 is 47.1. The van der Waals surface area contributed by atoms with Gasteiger partial charge in [0, 0.05) is 11.3 Å². The Bertz CT molecular complexity index is 1260. The molecule has 1 aliphatic rings. The molecular weight excluding hydrogens is 451 g/mol. The molecule has 3 heterocycles. The van der Waals surface area contributed by atoms with Gasteiger partial charge >= 0.3 is 12.3 Å². The zero-order valence-corrected chi connectivity index (χ0v) is 19.5. The van der Waals surface area contributed by atoms with Gasteiger partial charge in [-0.1, -0.05) is 0 Å². The average molecular weight is 477 g/mol. The Kier molecular flexibility index (Phi) is 5.57. The quantitative estimate of drug-likeness (QED) is 0.536. The van der Waals surface area contributed by atoms with E-state index in [1.54, 1.807) is 39.0 Å². The smallest absolute Gasteiger partial charge is 0.416 e. The zero-order chi connectivity index (χ0) is 25.0. The molecule has 0 saturated heterocycles. The van der Waals surface area contributed by atoms with Crippen molar-refractivity contribution in [1.82, 2.24) is 24.5 Å². The minimum Gasteiger partial charge on any atom is -0.444 e. The van der Waals surface area contributed by atoms with Crippen LogP contribution in [0.5, 0.6) is 0 Å². The van der Waals surface area contributed by atoms with E-state index in [9.17, 15) is 18.0 Å². The number of nitrogens with one attached hydrogen (secondary N) is 1. The number of carbonyl (C=O) groups excluding carboxylic acids is 1. The fraction of sp³-hybridized carbons (Fsp3) is 0.455. The molecule has 12 heteroatoms. The number of nitrogens with two attached hydrogens (primary N) is 1. The average Bonchev–Trinajstić information content (AvgIpc) is 3.29. The number of hydrogen-bond acceptors (Lipinski definition) is 7. The van der Waals surface area contributed by atoms with Crippen LogP contribution < -0.4 is 11.1 Å². The number of benzene rings is 1. The number of halogens is 3. The van der Waals surface area contributed by atoms with E-state index in [2.05, 4.69) is 20.5 Å². The first-order valence-electron chi connectivity index (χ1n) is 10.7. The van der Waals surface area contributed by atoms with Gasteiger partial charge in [0.05, 0.1) is 30.4 Å². The van der Waals surface area contributed by atoms with Crippen molar-refractivity contribution in [3.63, 3.8) is 0 Å². The van der Waals surface area contributed by atoms with Crippen LogP contribution in [0.2, 0.25) is 0 Å². The van der Waals surface area contributed by atoms with E-state index in [-0.39, 0.29) is 18.8 Å². The number of alkyl halides is 3. The van der Waals surface area contributed by atoms with Gasteiger partial charge in [0.15, 0.2) is 0 Å². The van der Waals surface area contributed by atoms with Crippen LogP contribution in [0, 0.1) is 6.92 Å². The third kappa shape index (κ3) is 4.57. The lowest BCUT2D eigenvalue weighted by Gasteiger charge is -2.24. The summed E-state index contributed by atoms with van der Waals surface area (Å²) in [5, 5.41) is 11.3. The Morgan fingerprint density at radius 3 is 2.53 bits per heavy atom. The monoisotopic (exact) mass is 477 g/mol. The zero-order valence-electron chi connectivity index (χ0n) is 19.5. The number of nitrogen functional groups attached to an aromatic ring is 1. The van der Waals surface area contributed by atoms with Gasteiger partial charge in [-0.15, -0.1) is 10.2 Å². The van der Waals surface area contributed by atoms with Crippen molar-refractivity contribution in [2.75, 3.05) is 11.1 Å². The molecule has 0 aliphatic carbocycles. The molecule has 1 aliphatic heterocycles. The van der Waals surface area contributed by atoms with Crippen LogP contribution in [-0.4, -0.2) is 36.2 Å². The highest BCUT2D eigenvalue weighted by Gasteiger charge is 2.34. The molecule has 34 heavy (non-hydrogen) atoms. The number of hydrogen-bond donors (Lipinski definition) is 2. The topological polar surface area (TPSA) is 111 Å². The number of ether oxygens (including phenoxy) is 1. The SMILES string of the molecule is Cc1nnc2nc(NC(C)c3cc(N)cc(C(F)(F)F)c3)c3c(n12)CN(C(=O)OC(C)(C)C)C3. The standard InChI is InChI=1S/C22H26F3N7O2/c1-11(13-6-14(22(23,24)25)8-15(26)7-13)27-18-16-9-31(20(33)34-21(3,4)5)10-17(16)32-12(2)29-30-19(32)28-18/h6-8,11H,9-10,26H2,1-5H3,(H,27,28,30). The first kappa shape index (κ1) is 23.6. The number of amides is 1. The third-order valence-electron chi connectivity index (χ3n) is 5.42. The predicted molar refractivity (Wildman–Crippen MR) is 119 cm³/mol. The fourth-order valence-electron chi connectivity index (χ4n) is 3.89. The molecule has 1 aromatic carbocycles. The number of nitrogens with zero attached hydrogens (tertiary/aromatic N) is 5. The number of anilines is 2. The minimum absolute atomic E-state index is 0.0105. The third-order valence-corrected chi connectivity index (χ3v) is 5.42. The second-order valence-corrected chi connectivity index (χ2v) is 9.36. The number of carbonyl (C=O) groups is 1. The van der Waals surface area contributed by atoms with E-state index in [1.165, 1.54) is 11.0 Å². The molecule has 9 nitrogen and oxygen atoms in total. The van der Waals surface area contributed by atoms with E-state index in [4.69, 9.17) is 10.5 Å². The van der Waals surface area contributed by atoms with Crippen molar-refractivity contribution in [2.24, 2.45) is 0 Å². The van der Waals surface area contributed by atoms with E-state index in [1.807, 2.05) is 0 Å². The molecule has 2 aromatic heterocycles. The minimum atomic E-state index is -4.52. The van der Waals surface area contributed by atoms with Gasteiger partial charge in [-0.25, -0.2) is 4.79 Å². The highest BCUT2D eigenvalue weighted by molar-refractivity contribution is 5.70. The maximum absolute atomic E-state index is 13.3. The Morgan fingerprint density at radius 1 is 1.18 bits per heavy atom. The van der Waals surface area contributed by atoms with E-state index in [0.29, 0.717) is 28.5 Å². The predicted octanol–water partition coefficient (Wildman–Crippen LogP) is 4.46. The molecule has 0 radical (unpaired) electrons. The fourth-order valence-corrected chi connectivity index (χ4v) is 3.89. The number of rotatable bonds is 3. The maximum Gasteiger partial charge on any atom is 0.416 e. The van der Waals surface area contributed by atoms with Crippen molar-refractivity contribution in [3.05, 3.63) is 46.4 Å². The number of fused-ring (bicyclic) bond motifs is 3. The number of aromatic nitrogens is 4. The summed E-state index contributed by atoms with van der Waals surface area (Å²) in [7, 11) is 0. The molecule has 1 unspecified atom stereocenters. The highest BCUT2D eigenvalue weighted by atomic mass is 19.4. The Morgan fingerprint density at radius 2 is 1.88 bits per heavy atom. The van der Waals surface area contributed by atoms with Crippen LogP contribution in [-0.2, 0) is 24.0 Å². The summed E-state index contributed by atoms with van der Waals surface area (Å²) in [6.45, 7) is 9.31. The van der Waals surface area contributed by atoms with Crippen LogP contribution in [0.15, 0.2) is 18.2 Å². The van der Waals surface area contributed by atoms with Gasteiger partial charge in [0.2, 0.25) is 0 Å². The van der Waals surface area contributed by atoms with Gasteiger partial charge in [-0.3, -0.25) is 9.30 Å². The summed E-state index contributed by atoms with van der Waals surface area (Å²) in [6.07, 6.45) is -5.00. The Labute approximate surface area is 194 Å². The summed E-state index contributed by atoms with van der Waals surface area (Å²) in [5.41, 5.74) is 6.08. The largest absolute Gasteiger partial charge is 0.444 e. The summed E-state index contributed by atoms with van der Waals surface area (Å²) in [6, 6.07) is 2.87. The van der Waals surface area contributed by atoms with Gasteiger partial charge < -0.3 is 15.8 Å². The summed E-state index contributed by atoms with van der Waals surface area (Å²) >= 11 is 0.